The van der Waals surface area contributed by atoms with Crippen LogP contribution in [0.1, 0.15) is 23.7 Å². The number of carbonyl (C=O) groups excluding carboxylic acids is 2. The zero-order valence-electron chi connectivity index (χ0n) is 10.7. The Hall–Kier alpha value is -1.39. The molecular formula is C13H13Br2N3O2. The highest BCUT2D eigenvalue weighted by Gasteiger charge is 2.25. The van der Waals surface area contributed by atoms with E-state index in [4.69, 9.17) is 11.0 Å². The summed E-state index contributed by atoms with van der Waals surface area (Å²) in [5.41, 5.74) is 5.66. The molecule has 0 saturated heterocycles. The van der Waals surface area contributed by atoms with Gasteiger partial charge in [-0.1, -0.05) is 38.8 Å². The molecule has 106 valence electrons. The molecule has 0 saturated carbocycles. The number of nitrogens with one attached hydrogen (secondary N) is 1. The highest BCUT2D eigenvalue weighted by molar-refractivity contribution is 9.11. The van der Waals surface area contributed by atoms with Crippen LogP contribution in [0.2, 0.25) is 0 Å². The minimum absolute atomic E-state index is 0.135. The van der Waals surface area contributed by atoms with Crippen molar-refractivity contribution in [3.63, 3.8) is 0 Å². The molecule has 0 aliphatic heterocycles. The van der Waals surface area contributed by atoms with Crippen LogP contribution in [0.3, 0.4) is 0 Å². The van der Waals surface area contributed by atoms with Crippen LogP contribution in [-0.2, 0) is 4.79 Å². The second kappa shape index (κ2) is 7.41. The van der Waals surface area contributed by atoms with Crippen LogP contribution < -0.4 is 11.1 Å². The summed E-state index contributed by atoms with van der Waals surface area (Å²) in [6.07, 6.45) is 0.135. The van der Waals surface area contributed by atoms with Crippen molar-refractivity contribution >= 4 is 43.7 Å². The third kappa shape index (κ3) is 4.62. The molecule has 1 aromatic rings. The maximum absolute atomic E-state index is 12.1. The van der Waals surface area contributed by atoms with Crippen LogP contribution >= 0.6 is 31.9 Å². The molecule has 0 aliphatic rings. The summed E-state index contributed by atoms with van der Waals surface area (Å²) in [6, 6.07) is 6.14. The molecule has 0 bridgehead atoms. The number of halogens is 2. The number of nitrogens with two attached hydrogens (primary N) is 1. The average molecular weight is 403 g/mol. The zero-order valence-corrected chi connectivity index (χ0v) is 13.9. The quantitative estimate of drug-likeness (QED) is 0.790. The van der Waals surface area contributed by atoms with E-state index in [0.29, 0.717) is 5.56 Å². The predicted molar refractivity (Wildman–Crippen MR) is 81.7 cm³/mol. The number of hydrogen-bond acceptors (Lipinski definition) is 3. The molecule has 1 rings (SSSR count). The van der Waals surface area contributed by atoms with Crippen LogP contribution in [0.5, 0.6) is 0 Å². The molecule has 3 N–H and O–H groups in total. The number of benzene rings is 1. The van der Waals surface area contributed by atoms with Gasteiger partial charge in [-0.05, 0) is 24.1 Å². The number of nitriles is 1. The lowest BCUT2D eigenvalue weighted by atomic mass is 9.98. The van der Waals surface area contributed by atoms with Gasteiger partial charge in [0.1, 0.15) is 6.04 Å². The predicted octanol–water partition coefficient (Wildman–Crippen LogP) is 2.35. The topological polar surface area (TPSA) is 96.0 Å². The number of hydrogen-bond donors (Lipinski definition) is 2. The molecule has 0 fully saturated rings. The van der Waals surface area contributed by atoms with E-state index in [2.05, 4.69) is 37.2 Å². The van der Waals surface area contributed by atoms with Crippen molar-refractivity contribution in [2.45, 2.75) is 19.4 Å². The second-order valence-corrected chi connectivity index (χ2v) is 6.18. The Kier molecular flexibility index (Phi) is 6.17. The second-order valence-electron chi connectivity index (χ2n) is 4.35. The normalized spacial score (nSPS) is 13.1. The molecule has 0 spiro atoms. The Morgan fingerprint density at radius 1 is 1.35 bits per heavy atom. The van der Waals surface area contributed by atoms with Gasteiger partial charge in [0.05, 0.1) is 6.07 Å². The fourth-order valence-corrected chi connectivity index (χ4v) is 2.96. The highest BCUT2D eigenvalue weighted by atomic mass is 79.9. The molecule has 20 heavy (non-hydrogen) atoms. The van der Waals surface area contributed by atoms with Crippen molar-refractivity contribution < 1.29 is 9.59 Å². The largest absolute Gasteiger partial charge is 0.368 e. The van der Waals surface area contributed by atoms with Gasteiger partial charge >= 0.3 is 0 Å². The van der Waals surface area contributed by atoms with Crippen molar-refractivity contribution in [2.24, 2.45) is 11.7 Å². The Morgan fingerprint density at radius 3 is 2.35 bits per heavy atom. The van der Waals surface area contributed by atoms with Crippen LogP contribution in [0, 0.1) is 17.2 Å². The average Bonchev–Trinajstić information content (AvgIpc) is 2.34. The molecule has 5 nitrogen and oxygen atoms in total. The van der Waals surface area contributed by atoms with Crippen LogP contribution in [0.15, 0.2) is 27.1 Å². The van der Waals surface area contributed by atoms with Crippen molar-refractivity contribution in [3.8, 4) is 6.07 Å². The molecule has 0 heterocycles. The first-order valence-corrected chi connectivity index (χ1v) is 7.37. The smallest absolute Gasteiger partial charge is 0.252 e. The summed E-state index contributed by atoms with van der Waals surface area (Å²) in [5, 5.41) is 11.2. The van der Waals surface area contributed by atoms with Crippen molar-refractivity contribution in [1.82, 2.24) is 5.32 Å². The van der Waals surface area contributed by atoms with E-state index in [1.54, 1.807) is 25.1 Å². The number of nitrogens with zero attached hydrogens (tertiary/aromatic N) is 1. The lowest BCUT2D eigenvalue weighted by Crippen LogP contribution is -2.48. The molecule has 7 heteroatoms. The van der Waals surface area contributed by atoms with E-state index >= 15 is 0 Å². The highest BCUT2D eigenvalue weighted by Crippen LogP contribution is 2.20. The first-order chi connectivity index (χ1) is 9.35. The first kappa shape index (κ1) is 16.7. The fourth-order valence-electron chi connectivity index (χ4n) is 1.67. The minimum Gasteiger partial charge on any atom is -0.368 e. The third-order valence-corrected chi connectivity index (χ3v) is 3.62. The molecule has 0 radical (unpaired) electrons. The molecule has 1 aromatic carbocycles. The maximum atomic E-state index is 12.1. The van der Waals surface area contributed by atoms with Gasteiger partial charge in [0.2, 0.25) is 5.91 Å². The van der Waals surface area contributed by atoms with Crippen LogP contribution in [0.25, 0.3) is 0 Å². The lowest BCUT2D eigenvalue weighted by Gasteiger charge is -2.20. The number of amides is 2. The minimum atomic E-state index is -0.875. The van der Waals surface area contributed by atoms with Gasteiger partial charge in [-0.3, -0.25) is 9.59 Å². The number of primary amides is 1. The SMILES string of the molecule is C[C@@H](CC#N)[C@H](NC(=O)c1cc(Br)cc(Br)c1)C(N)=O. The third-order valence-electron chi connectivity index (χ3n) is 2.70. The molecule has 2 atom stereocenters. The summed E-state index contributed by atoms with van der Waals surface area (Å²) in [6.45, 7) is 1.69. The van der Waals surface area contributed by atoms with Crippen molar-refractivity contribution in [1.29, 1.82) is 5.26 Å². The summed E-state index contributed by atoms with van der Waals surface area (Å²) in [5.74, 6) is -1.42. The van der Waals surface area contributed by atoms with Gasteiger partial charge in [0.25, 0.3) is 5.91 Å². The molecular weight excluding hydrogens is 390 g/mol. The summed E-state index contributed by atoms with van der Waals surface area (Å²) in [4.78, 5) is 23.5. The van der Waals surface area contributed by atoms with E-state index in [0.717, 1.165) is 8.95 Å². The molecule has 0 aromatic heterocycles. The number of carbonyl (C=O) groups is 2. The Bertz CT molecular complexity index is 549. The first-order valence-electron chi connectivity index (χ1n) is 5.78. The molecule has 0 aliphatic carbocycles. The fraction of sp³-hybridized carbons (Fsp3) is 0.308. The van der Waals surface area contributed by atoms with Gasteiger partial charge in [0.15, 0.2) is 0 Å². The van der Waals surface area contributed by atoms with Gasteiger partial charge < -0.3 is 11.1 Å². The lowest BCUT2D eigenvalue weighted by molar-refractivity contribution is -0.120. The maximum Gasteiger partial charge on any atom is 0.252 e. The van der Waals surface area contributed by atoms with Crippen LogP contribution in [-0.4, -0.2) is 17.9 Å². The van der Waals surface area contributed by atoms with E-state index in [1.807, 2.05) is 6.07 Å². The monoisotopic (exact) mass is 401 g/mol. The summed E-state index contributed by atoms with van der Waals surface area (Å²) < 4.78 is 1.47. The Labute approximate surface area is 133 Å². The van der Waals surface area contributed by atoms with Crippen molar-refractivity contribution in [2.75, 3.05) is 0 Å². The van der Waals surface area contributed by atoms with E-state index in [-0.39, 0.29) is 12.3 Å². The molecule has 0 unspecified atom stereocenters. The summed E-state index contributed by atoms with van der Waals surface area (Å²) in [7, 11) is 0. The summed E-state index contributed by atoms with van der Waals surface area (Å²) >= 11 is 6.57. The Balaban J connectivity index is 2.91. The van der Waals surface area contributed by atoms with Gasteiger partial charge in [-0.15, -0.1) is 0 Å². The molecule has 2 amide bonds. The van der Waals surface area contributed by atoms with Crippen molar-refractivity contribution in [3.05, 3.63) is 32.7 Å². The van der Waals surface area contributed by atoms with Gasteiger partial charge in [0, 0.05) is 20.9 Å². The zero-order chi connectivity index (χ0) is 15.3. The van der Waals surface area contributed by atoms with E-state index in [9.17, 15) is 9.59 Å². The van der Waals surface area contributed by atoms with E-state index < -0.39 is 17.9 Å². The van der Waals surface area contributed by atoms with Gasteiger partial charge in [-0.2, -0.15) is 5.26 Å². The van der Waals surface area contributed by atoms with E-state index in [1.165, 1.54) is 0 Å². The number of rotatable bonds is 5. The van der Waals surface area contributed by atoms with Gasteiger partial charge in [-0.25, -0.2) is 0 Å². The Morgan fingerprint density at radius 2 is 1.90 bits per heavy atom. The van der Waals surface area contributed by atoms with Crippen LogP contribution in [0.4, 0.5) is 0 Å². The standard InChI is InChI=1S/C13H13Br2N3O2/c1-7(2-3-16)11(12(17)19)18-13(20)8-4-9(14)6-10(15)5-8/h4-7,11H,2H2,1H3,(H2,17,19)(H,18,20)/t7-,11-/m0/s1.